The van der Waals surface area contributed by atoms with Crippen LogP contribution in [-0.4, -0.2) is 29.7 Å². The van der Waals surface area contributed by atoms with Gasteiger partial charge in [0, 0.05) is 23.7 Å². The smallest absolute Gasteiger partial charge is 0.225 e. The van der Waals surface area contributed by atoms with Crippen LogP contribution in [0.2, 0.25) is 11.1 Å². The minimum absolute atomic E-state index is 0.0566. The van der Waals surface area contributed by atoms with Gasteiger partial charge in [-0.15, -0.1) is 0 Å². The van der Waals surface area contributed by atoms with Crippen LogP contribution in [0.5, 0.6) is 11.8 Å². The summed E-state index contributed by atoms with van der Waals surface area (Å²) in [4.78, 5) is 0. The predicted molar refractivity (Wildman–Crippen MR) is 110 cm³/mol. The van der Waals surface area contributed by atoms with Crippen LogP contribution in [-0.2, 0) is 10.8 Å². The van der Waals surface area contributed by atoms with Crippen molar-refractivity contribution in [2.24, 2.45) is 0 Å². The molecule has 4 nitrogen and oxygen atoms in total. The molecule has 2 heterocycles. The highest BCUT2D eigenvalue weighted by atomic mass is 28.4. The summed E-state index contributed by atoms with van der Waals surface area (Å²) in [7, 11) is -2.11. The van der Waals surface area contributed by atoms with Gasteiger partial charge in [-0.25, -0.2) is 0 Å². The number of para-hydroxylation sites is 1. The molecule has 1 aliphatic heterocycles. The Kier molecular flexibility index (Phi) is 4.27. The van der Waals surface area contributed by atoms with E-state index < -0.39 is 8.32 Å². The highest BCUT2D eigenvalue weighted by Crippen LogP contribution is 2.57. The largest absolute Gasteiger partial charge is 0.494 e. The third-order valence-corrected chi connectivity index (χ3v) is 12.2. The summed E-state index contributed by atoms with van der Waals surface area (Å²) in [5.41, 5.74) is 4.76. The van der Waals surface area contributed by atoms with Crippen molar-refractivity contribution in [1.29, 1.82) is 0 Å². The number of fused-ring (bicyclic) bond motifs is 3. The quantitative estimate of drug-likeness (QED) is 0.718. The van der Waals surface area contributed by atoms with Gasteiger partial charge in [0.05, 0.1) is 5.69 Å². The van der Waals surface area contributed by atoms with Gasteiger partial charge in [0.25, 0.3) is 0 Å². The van der Waals surface area contributed by atoms with E-state index >= 15 is 0 Å². The summed E-state index contributed by atoms with van der Waals surface area (Å²) < 4.78 is 8.20. The van der Waals surface area contributed by atoms with Crippen molar-refractivity contribution in [3.63, 3.8) is 0 Å². The molecule has 144 valence electrons. The number of aromatic nitrogens is 1. The lowest BCUT2D eigenvalue weighted by Gasteiger charge is -2.38. The predicted octanol–water partition coefficient (Wildman–Crippen LogP) is 5.18. The van der Waals surface area contributed by atoms with E-state index in [1.165, 1.54) is 10.8 Å². The SMILES string of the molecule is CC1=C2[C@@H](CO[Si]2(C(C)C)C(C)C)c2c(c(O)n(-c3ccccc3)c2O)C1. The zero-order valence-electron chi connectivity index (χ0n) is 16.8. The Balaban J connectivity index is 1.91. The molecule has 0 amide bonds. The zero-order chi connectivity index (χ0) is 19.5. The van der Waals surface area contributed by atoms with Crippen molar-refractivity contribution in [3.05, 3.63) is 52.2 Å². The molecule has 0 saturated carbocycles. The Morgan fingerprint density at radius 1 is 1.04 bits per heavy atom. The van der Waals surface area contributed by atoms with Crippen LogP contribution in [0.1, 0.15) is 51.7 Å². The van der Waals surface area contributed by atoms with Crippen molar-refractivity contribution in [2.75, 3.05) is 6.61 Å². The lowest BCUT2D eigenvalue weighted by Crippen LogP contribution is -2.44. The molecule has 1 fully saturated rings. The lowest BCUT2D eigenvalue weighted by molar-refractivity contribution is 0.313. The Hall–Kier alpha value is -1.98. The molecule has 0 unspecified atom stereocenters. The summed E-state index contributed by atoms with van der Waals surface area (Å²) in [6.07, 6.45) is 0.679. The second-order valence-corrected chi connectivity index (χ2v) is 13.3. The molecule has 27 heavy (non-hydrogen) atoms. The normalized spacial score (nSPS) is 21.1. The van der Waals surface area contributed by atoms with Crippen LogP contribution in [0.3, 0.4) is 0 Å². The number of rotatable bonds is 3. The summed E-state index contributed by atoms with van der Waals surface area (Å²) in [6, 6.07) is 9.56. The molecule has 2 N–H and O–H groups in total. The molecule has 1 atom stereocenters. The maximum Gasteiger partial charge on any atom is 0.225 e. The second-order valence-electron chi connectivity index (χ2n) is 8.55. The fourth-order valence-corrected chi connectivity index (χ4v) is 10.8. The minimum Gasteiger partial charge on any atom is -0.494 e. The van der Waals surface area contributed by atoms with E-state index in [-0.39, 0.29) is 17.7 Å². The molecule has 2 aliphatic rings. The van der Waals surface area contributed by atoms with Crippen molar-refractivity contribution in [1.82, 2.24) is 4.57 Å². The summed E-state index contributed by atoms with van der Waals surface area (Å²) in [5, 5.41) is 23.5. The minimum atomic E-state index is -2.11. The first-order chi connectivity index (χ1) is 12.8. The first-order valence-corrected chi connectivity index (χ1v) is 11.9. The number of nitrogens with zero attached hydrogens (tertiary/aromatic N) is 1. The van der Waals surface area contributed by atoms with E-state index in [4.69, 9.17) is 4.43 Å². The molecule has 1 saturated heterocycles. The lowest BCUT2D eigenvalue weighted by atomic mass is 9.87. The Bertz CT molecular complexity index is 903. The Morgan fingerprint density at radius 3 is 2.26 bits per heavy atom. The van der Waals surface area contributed by atoms with E-state index in [2.05, 4.69) is 34.6 Å². The Morgan fingerprint density at radius 2 is 1.67 bits per heavy atom. The number of aromatic hydroxyl groups is 2. The summed E-state index contributed by atoms with van der Waals surface area (Å²) >= 11 is 0. The van der Waals surface area contributed by atoms with Crippen molar-refractivity contribution in [3.8, 4) is 17.4 Å². The van der Waals surface area contributed by atoms with E-state index in [0.29, 0.717) is 24.1 Å². The topological polar surface area (TPSA) is 54.6 Å². The second kappa shape index (κ2) is 6.28. The molecule has 5 heteroatoms. The molecule has 2 aromatic rings. The molecule has 0 bridgehead atoms. The third-order valence-electron chi connectivity index (χ3n) is 6.50. The van der Waals surface area contributed by atoms with Gasteiger partial charge in [-0.3, -0.25) is 4.57 Å². The van der Waals surface area contributed by atoms with Crippen molar-refractivity contribution < 1.29 is 14.6 Å². The average Bonchev–Trinajstić information content (AvgIpc) is 3.14. The zero-order valence-corrected chi connectivity index (χ0v) is 17.8. The van der Waals surface area contributed by atoms with Gasteiger partial charge in [0.1, 0.15) is 0 Å². The molecule has 1 aromatic heterocycles. The molecule has 0 spiro atoms. The number of benzene rings is 1. The van der Waals surface area contributed by atoms with Crippen LogP contribution < -0.4 is 0 Å². The monoisotopic (exact) mass is 383 g/mol. The number of hydrogen-bond donors (Lipinski definition) is 2. The van der Waals surface area contributed by atoms with E-state index in [9.17, 15) is 10.2 Å². The van der Waals surface area contributed by atoms with Crippen LogP contribution in [0.4, 0.5) is 0 Å². The average molecular weight is 384 g/mol. The highest BCUT2D eigenvalue weighted by molar-refractivity contribution is 6.84. The van der Waals surface area contributed by atoms with Gasteiger partial charge in [-0.2, -0.15) is 0 Å². The van der Waals surface area contributed by atoms with Crippen LogP contribution >= 0.6 is 0 Å². The van der Waals surface area contributed by atoms with Crippen LogP contribution in [0, 0.1) is 0 Å². The maximum atomic E-state index is 11.1. The van der Waals surface area contributed by atoms with Gasteiger partial charge in [0.2, 0.25) is 20.1 Å². The molecule has 4 rings (SSSR count). The van der Waals surface area contributed by atoms with E-state index in [0.717, 1.165) is 16.8 Å². The van der Waals surface area contributed by atoms with Gasteiger partial charge >= 0.3 is 0 Å². The third kappa shape index (κ3) is 2.37. The number of allylic oxidation sites excluding steroid dienone is 1. The molecular weight excluding hydrogens is 354 g/mol. The molecule has 1 aliphatic carbocycles. The summed E-state index contributed by atoms with van der Waals surface area (Å²) in [5.74, 6) is 0.367. The molecular formula is C22H29NO3Si. The van der Waals surface area contributed by atoms with Gasteiger partial charge in [0.15, 0.2) is 0 Å². The highest BCUT2D eigenvalue weighted by Gasteiger charge is 2.56. The standard InChI is InChI=1S/C22H29NO3Si/c1-13(2)27(14(3)4)20-15(5)11-17-19(18(20)12-26-27)22(25)23(21(17)24)16-9-7-6-8-10-16/h6-10,13-14,18,24-25H,11-12H2,1-5H3/t18-/m0/s1. The van der Waals surface area contributed by atoms with Crippen LogP contribution in [0.15, 0.2) is 41.1 Å². The van der Waals surface area contributed by atoms with E-state index in [1.54, 1.807) is 4.57 Å². The van der Waals surface area contributed by atoms with Crippen LogP contribution in [0.25, 0.3) is 5.69 Å². The first kappa shape index (κ1) is 18.4. The summed E-state index contributed by atoms with van der Waals surface area (Å²) in [6.45, 7) is 11.9. The van der Waals surface area contributed by atoms with Crippen molar-refractivity contribution >= 4 is 8.32 Å². The van der Waals surface area contributed by atoms with Crippen molar-refractivity contribution in [2.45, 2.75) is 58.0 Å². The van der Waals surface area contributed by atoms with Gasteiger partial charge < -0.3 is 14.6 Å². The number of hydrogen-bond acceptors (Lipinski definition) is 3. The molecule has 0 radical (unpaired) electrons. The first-order valence-electron chi connectivity index (χ1n) is 9.85. The molecule has 1 aromatic carbocycles. The van der Waals surface area contributed by atoms with Gasteiger partial charge in [-0.1, -0.05) is 51.5 Å². The van der Waals surface area contributed by atoms with E-state index in [1.807, 2.05) is 30.3 Å². The van der Waals surface area contributed by atoms with Gasteiger partial charge in [-0.05, 0) is 41.8 Å². The fourth-order valence-electron chi connectivity index (χ4n) is 5.47. The maximum absolute atomic E-state index is 11.1. The fraction of sp³-hybridized carbons (Fsp3) is 0.455. The Labute approximate surface area is 162 Å².